The Balaban J connectivity index is 2.38. The highest BCUT2D eigenvalue weighted by Crippen LogP contribution is 2.13. The van der Waals surface area contributed by atoms with Gasteiger partial charge in [-0.3, -0.25) is 4.57 Å². The van der Waals surface area contributed by atoms with E-state index in [2.05, 4.69) is 26.9 Å². The molecule has 0 saturated heterocycles. The molecule has 0 aliphatic carbocycles. The third kappa shape index (κ3) is 3.18. The lowest BCUT2D eigenvalue weighted by molar-refractivity contribution is 0.221. The number of nitrogens with zero attached hydrogens (tertiary/aromatic N) is 5. The largest absolute Gasteiger partial charge is 0.461 e. The SMILES string of the molecule is CCCc1nccn1-c1nc(N)nc(OC(C)C)n1. The van der Waals surface area contributed by atoms with Crippen molar-refractivity contribution in [2.75, 3.05) is 5.73 Å². The number of aryl methyl sites for hydroxylation is 1. The Kier molecular flexibility index (Phi) is 3.94. The van der Waals surface area contributed by atoms with Crippen LogP contribution in [0.1, 0.15) is 33.0 Å². The molecule has 0 spiro atoms. The van der Waals surface area contributed by atoms with Crippen LogP contribution < -0.4 is 10.5 Å². The van der Waals surface area contributed by atoms with Gasteiger partial charge in [-0.05, 0) is 20.3 Å². The fourth-order valence-corrected chi connectivity index (χ4v) is 1.66. The number of ether oxygens (including phenoxy) is 1. The Morgan fingerprint density at radius 1 is 1.32 bits per heavy atom. The minimum atomic E-state index is -0.0208. The first kappa shape index (κ1) is 13.3. The number of nitrogens with two attached hydrogens (primary N) is 1. The maximum atomic E-state index is 5.69. The van der Waals surface area contributed by atoms with Crippen LogP contribution in [0.3, 0.4) is 0 Å². The third-order valence-electron chi connectivity index (χ3n) is 2.37. The van der Waals surface area contributed by atoms with Gasteiger partial charge in [-0.1, -0.05) is 6.92 Å². The Hall–Kier alpha value is -2.18. The zero-order chi connectivity index (χ0) is 13.8. The molecule has 2 rings (SSSR count). The molecule has 7 heteroatoms. The van der Waals surface area contributed by atoms with Crippen molar-refractivity contribution in [3.05, 3.63) is 18.2 Å². The van der Waals surface area contributed by atoms with Crippen LogP contribution in [0, 0.1) is 0 Å². The molecular formula is C12H18N6O. The first-order valence-corrected chi connectivity index (χ1v) is 6.31. The van der Waals surface area contributed by atoms with E-state index in [1.165, 1.54) is 0 Å². The van der Waals surface area contributed by atoms with Gasteiger partial charge < -0.3 is 10.5 Å². The summed E-state index contributed by atoms with van der Waals surface area (Å²) in [7, 11) is 0. The van der Waals surface area contributed by atoms with E-state index in [0.717, 1.165) is 18.7 Å². The molecule has 2 aromatic rings. The van der Waals surface area contributed by atoms with Gasteiger partial charge in [0.15, 0.2) is 0 Å². The summed E-state index contributed by atoms with van der Waals surface area (Å²) in [5.74, 6) is 1.46. The van der Waals surface area contributed by atoms with Crippen LogP contribution in [0.15, 0.2) is 12.4 Å². The number of hydrogen-bond acceptors (Lipinski definition) is 6. The first-order valence-electron chi connectivity index (χ1n) is 6.31. The molecule has 0 amide bonds. The minimum absolute atomic E-state index is 0.0208. The van der Waals surface area contributed by atoms with Gasteiger partial charge >= 0.3 is 6.01 Å². The van der Waals surface area contributed by atoms with E-state index >= 15 is 0 Å². The summed E-state index contributed by atoms with van der Waals surface area (Å²) in [4.78, 5) is 16.6. The van der Waals surface area contributed by atoms with Gasteiger partial charge in [-0.15, -0.1) is 0 Å². The normalized spacial score (nSPS) is 10.9. The second kappa shape index (κ2) is 5.64. The summed E-state index contributed by atoms with van der Waals surface area (Å²) in [5.41, 5.74) is 5.69. The van der Waals surface area contributed by atoms with E-state index in [1.54, 1.807) is 17.0 Å². The van der Waals surface area contributed by atoms with Gasteiger partial charge in [-0.25, -0.2) is 4.98 Å². The molecule has 0 unspecified atom stereocenters. The van der Waals surface area contributed by atoms with Gasteiger partial charge in [-0.2, -0.15) is 15.0 Å². The monoisotopic (exact) mass is 262 g/mol. The van der Waals surface area contributed by atoms with Crippen molar-refractivity contribution in [3.63, 3.8) is 0 Å². The fourth-order valence-electron chi connectivity index (χ4n) is 1.66. The van der Waals surface area contributed by atoms with Crippen LogP contribution in [-0.4, -0.2) is 30.6 Å². The molecule has 7 nitrogen and oxygen atoms in total. The van der Waals surface area contributed by atoms with Gasteiger partial charge in [0.2, 0.25) is 11.9 Å². The maximum absolute atomic E-state index is 5.69. The molecule has 19 heavy (non-hydrogen) atoms. The highest BCUT2D eigenvalue weighted by atomic mass is 16.5. The zero-order valence-corrected chi connectivity index (χ0v) is 11.4. The van der Waals surface area contributed by atoms with Crippen molar-refractivity contribution in [3.8, 4) is 12.0 Å². The minimum Gasteiger partial charge on any atom is -0.461 e. The molecule has 0 atom stereocenters. The molecular weight excluding hydrogens is 244 g/mol. The summed E-state index contributed by atoms with van der Waals surface area (Å²) < 4.78 is 7.26. The van der Waals surface area contributed by atoms with Crippen LogP contribution in [0.25, 0.3) is 5.95 Å². The van der Waals surface area contributed by atoms with Crippen molar-refractivity contribution in [2.45, 2.75) is 39.7 Å². The van der Waals surface area contributed by atoms with Crippen LogP contribution in [-0.2, 0) is 6.42 Å². The number of anilines is 1. The third-order valence-corrected chi connectivity index (χ3v) is 2.37. The molecule has 0 fully saturated rings. The van der Waals surface area contributed by atoms with E-state index < -0.39 is 0 Å². The molecule has 0 bridgehead atoms. The Morgan fingerprint density at radius 2 is 2.11 bits per heavy atom. The van der Waals surface area contributed by atoms with Crippen LogP contribution in [0.4, 0.5) is 5.95 Å². The average Bonchev–Trinajstić information content (AvgIpc) is 2.76. The quantitative estimate of drug-likeness (QED) is 0.875. The van der Waals surface area contributed by atoms with Crippen molar-refractivity contribution < 1.29 is 4.74 Å². The smallest absolute Gasteiger partial charge is 0.323 e. The predicted molar refractivity (Wildman–Crippen MR) is 71.1 cm³/mol. The second-order valence-corrected chi connectivity index (χ2v) is 4.41. The number of rotatable bonds is 5. The second-order valence-electron chi connectivity index (χ2n) is 4.41. The number of imidazole rings is 1. The lowest BCUT2D eigenvalue weighted by Gasteiger charge is -2.10. The summed E-state index contributed by atoms with van der Waals surface area (Å²) in [5, 5.41) is 0. The standard InChI is InChI=1S/C12H18N6O/c1-4-5-9-14-6-7-18(9)11-15-10(13)16-12(17-11)19-8(2)3/h6-8H,4-5H2,1-3H3,(H2,13,15,16,17). The average molecular weight is 262 g/mol. The van der Waals surface area contributed by atoms with Gasteiger partial charge in [0.05, 0.1) is 6.10 Å². The summed E-state index contributed by atoms with van der Waals surface area (Å²) >= 11 is 0. The first-order chi connectivity index (χ1) is 9.10. The van der Waals surface area contributed by atoms with Crippen LogP contribution in [0.5, 0.6) is 6.01 Å². The lowest BCUT2D eigenvalue weighted by atomic mass is 10.3. The van der Waals surface area contributed by atoms with Crippen molar-refractivity contribution >= 4 is 5.95 Å². The van der Waals surface area contributed by atoms with E-state index in [4.69, 9.17) is 10.5 Å². The molecule has 0 aliphatic rings. The van der Waals surface area contributed by atoms with E-state index in [9.17, 15) is 0 Å². The lowest BCUT2D eigenvalue weighted by Crippen LogP contribution is -2.13. The summed E-state index contributed by atoms with van der Waals surface area (Å²) in [6.45, 7) is 5.90. The Morgan fingerprint density at radius 3 is 2.79 bits per heavy atom. The Labute approximate surface area is 111 Å². The number of hydrogen-bond donors (Lipinski definition) is 1. The molecule has 0 saturated carbocycles. The summed E-state index contributed by atoms with van der Waals surface area (Å²) in [6.07, 6.45) is 5.34. The molecule has 0 aromatic carbocycles. The van der Waals surface area contributed by atoms with Crippen molar-refractivity contribution in [2.24, 2.45) is 0 Å². The van der Waals surface area contributed by atoms with E-state index in [1.807, 2.05) is 13.8 Å². The molecule has 0 aliphatic heterocycles. The van der Waals surface area contributed by atoms with Crippen molar-refractivity contribution in [1.29, 1.82) is 0 Å². The van der Waals surface area contributed by atoms with Gasteiger partial charge in [0.1, 0.15) is 5.82 Å². The van der Waals surface area contributed by atoms with Gasteiger partial charge in [0.25, 0.3) is 0 Å². The van der Waals surface area contributed by atoms with Crippen LogP contribution in [0.2, 0.25) is 0 Å². The summed E-state index contributed by atoms with van der Waals surface area (Å²) in [6, 6.07) is 0.230. The topological polar surface area (TPSA) is 91.7 Å². The number of nitrogen functional groups attached to an aromatic ring is 1. The van der Waals surface area contributed by atoms with E-state index in [-0.39, 0.29) is 18.1 Å². The predicted octanol–water partition coefficient (Wildman–Crippen LogP) is 1.38. The van der Waals surface area contributed by atoms with Gasteiger partial charge in [0, 0.05) is 18.8 Å². The fraction of sp³-hybridized carbons (Fsp3) is 0.500. The highest BCUT2D eigenvalue weighted by molar-refractivity contribution is 5.26. The zero-order valence-electron chi connectivity index (χ0n) is 11.4. The molecule has 2 N–H and O–H groups in total. The molecule has 102 valence electrons. The maximum Gasteiger partial charge on any atom is 0.323 e. The van der Waals surface area contributed by atoms with Crippen LogP contribution >= 0.6 is 0 Å². The van der Waals surface area contributed by atoms with Crippen molar-refractivity contribution in [1.82, 2.24) is 24.5 Å². The molecule has 2 heterocycles. The Bertz CT molecular complexity index is 551. The van der Waals surface area contributed by atoms with E-state index in [0.29, 0.717) is 5.95 Å². The molecule has 2 aromatic heterocycles. The number of aromatic nitrogens is 5. The highest BCUT2D eigenvalue weighted by Gasteiger charge is 2.11. The molecule has 0 radical (unpaired) electrons.